The predicted octanol–water partition coefficient (Wildman–Crippen LogP) is 4.10. The van der Waals surface area contributed by atoms with Gasteiger partial charge in [0.15, 0.2) is 5.75 Å². The maximum absolute atomic E-state index is 12.5. The number of methoxy groups -OCH3 is 1. The van der Waals surface area contributed by atoms with Gasteiger partial charge in [-0.25, -0.2) is 0 Å². The SMILES string of the molecule is COc1c(Cl)cc(NC(=O)C(=O)NNc2ccc(C(F)(F)F)cc2)cc1Cl. The lowest BCUT2D eigenvalue weighted by atomic mass is 10.2. The largest absolute Gasteiger partial charge is 0.494 e. The van der Waals surface area contributed by atoms with E-state index >= 15 is 0 Å². The maximum atomic E-state index is 12.5. The standard InChI is InChI=1S/C16H12Cl2F3N3O3/c1-27-13-11(17)6-10(7-12(13)18)22-14(25)15(26)24-23-9-4-2-8(3-5-9)16(19,20)21/h2-7,23H,1H3,(H,22,25)(H,24,26). The second-order valence-electron chi connectivity index (χ2n) is 5.08. The zero-order chi connectivity index (χ0) is 20.2. The third-order valence-corrected chi connectivity index (χ3v) is 3.76. The van der Waals surface area contributed by atoms with E-state index < -0.39 is 23.6 Å². The van der Waals surface area contributed by atoms with E-state index in [4.69, 9.17) is 27.9 Å². The van der Waals surface area contributed by atoms with E-state index in [-0.39, 0.29) is 27.2 Å². The average Bonchev–Trinajstić information content (AvgIpc) is 2.59. The lowest BCUT2D eigenvalue weighted by Crippen LogP contribution is -2.38. The predicted molar refractivity (Wildman–Crippen MR) is 94.9 cm³/mol. The van der Waals surface area contributed by atoms with Crippen molar-refractivity contribution < 1.29 is 27.5 Å². The highest BCUT2D eigenvalue weighted by Crippen LogP contribution is 2.35. The van der Waals surface area contributed by atoms with Crippen molar-refractivity contribution in [1.82, 2.24) is 5.43 Å². The Morgan fingerprint density at radius 1 is 0.963 bits per heavy atom. The molecule has 3 N–H and O–H groups in total. The highest BCUT2D eigenvalue weighted by Gasteiger charge is 2.30. The Kier molecular flexibility index (Phi) is 6.40. The third kappa shape index (κ3) is 5.41. The van der Waals surface area contributed by atoms with Gasteiger partial charge >= 0.3 is 18.0 Å². The molecule has 144 valence electrons. The number of ether oxygens (including phenoxy) is 1. The molecular formula is C16H12Cl2F3N3O3. The van der Waals surface area contributed by atoms with E-state index in [1.54, 1.807) is 0 Å². The van der Waals surface area contributed by atoms with Crippen LogP contribution >= 0.6 is 23.2 Å². The number of benzene rings is 2. The van der Waals surface area contributed by atoms with Crippen molar-refractivity contribution in [3.63, 3.8) is 0 Å². The lowest BCUT2D eigenvalue weighted by molar-refractivity contribution is -0.137. The number of hydrazine groups is 1. The second kappa shape index (κ2) is 8.36. The van der Waals surface area contributed by atoms with Gasteiger partial charge in [0.1, 0.15) is 0 Å². The molecule has 2 rings (SSSR count). The van der Waals surface area contributed by atoms with Crippen LogP contribution in [0.5, 0.6) is 5.75 Å². The summed E-state index contributed by atoms with van der Waals surface area (Å²) < 4.78 is 42.4. The molecule has 2 aromatic carbocycles. The number of hydrogen-bond donors (Lipinski definition) is 3. The van der Waals surface area contributed by atoms with Gasteiger partial charge in [0.2, 0.25) is 0 Å². The van der Waals surface area contributed by atoms with Crippen molar-refractivity contribution in [3.8, 4) is 5.75 Å². The molecule has 2 amide bonds. The first-order valence-electron chi connectivity index (χ1n) is 7.19. The van der Waals surface area contributed by atoms with Crippen molar-refractivity contribution in [1.29, 1.82) is 0 Å². The van der Waals surface area contributed by atoms with Gasteiger partial charge in [-0.05, 0) is 36.4 Å². The van der Waals surface area contributed by atoms with Crippen LogP contribution in [0, 0.1) is 0 Å². The molecule has 0 saturated heterocycles. The van der Waals surface area contributed by atoms with Gasteiger partial charge < -0.3 is 10.1 Å². The van der Waals surface area contributed by atoms with Gasteiger partial charge in [-0.15, -0.1) is 0 Å². The number of amides is 2. The highest BCUT2D eigenvalue weighted by molar-refractivity contribution is 6.41. The molecule has 0 aliphatic carbocycles. The van der Waals surface area contributed by atoms with E-state index in [1.807, 2.05) is 0 Å². The van der Waals surface area contributed by atoms with Crippen molar-refractivity contribution >= 4 is 46.4 Å². The average molecular weight is 422 g/mol. The summed E-state index contributed by atoms with van der Waals surface area (Å²) in [6.45, 7) is 0. The van der Waals surface area contributed by atoms with Gasteiger partial charge in [0, 0.05) is 5.69 Å². The number of halogens is 5. The Morgan fingerprint density at radius 2 is 1.52 bits per heavy atom. The Hall–Kier alpha value is -2.65. The van der Waals surface area contributed by atoms with Crippen molar-refractivity contribution in [2.75, 3.05) is 17.9 Å². The zero-order valence-electron chi connectivity index (χ0n) is 13.6. The van der Waals surface area contributed by atoms with Crippen molar-refractivity contribution in [2.45, 2.75) is 6.18 Å². The van der Waals surface area contributed by atoms with Crippen LogP contribution in [0.2, 0.25) is 10.0 Å². The molecule has 0 heterocycles. The molecule has 27 heavy (non-hydrogen) atoms. The highest BCUT2D eigenvalue weighted by atomic mass is 35.5. The molecule has 11 heteroatoms. The Morgan fingerprint density at radius 3 is 2.00 bits per heavy atom. The molecule has 2 aromatic rings. The Balaban J connectivity index is 1.95. The van der Waals surface area contributed by atoms with Crippen LogP contribution in [0.25, 0.3) is 0 Å². The number of hydrogen-bond acceptors (Lipinski definition) is 4. The number of carbonyl (C=O) groups is 2. The summed E-state index contributed by atoms with van der Waals surface area (Å²) in [5.41, 5.74) is 3.85. The summed E-state index contributed by atoms with van der Waals surface area (Å²) in [6, 6.07) is 6.53. The zero-order valence-corrected chi connectivity index (χ0v) is 15.1. The fourth-order valence-corrected chi connectivity index (χ4v) is 2.58. The summed E-state index contributed by atoms with van der Waals surface area (Å²) >= 11 is 11.9. The van der Waals surface area contributed by atoms with E-state index in [1.165, 1.54) is 19.2 Å². The molecule has 0 radical (unpaired) electrons. The monoisotopic (exact) mass is 421 g/mol. The van der Waals surface area contributed by atoms with E-state index in [2.05, 4.69) is 16.2 Å². The van der Waals surface area contributed by atoms with Gasteiger partial charge in [0.25, 0.3) is 0 Å². The smallest absolute Gasteiger partial charge is 0.416 e. The van der Waals surface area contributed by atoms with Gasteiger partial charge in [-0.1, -0.05) is 23.2 Å². The van der Waals surface area contributed by atoms with Crippen LogP contribution in [0.3, 0.4) is 0 Å². The summed E-state index contributed by atoms with van der Waals surface area (Å²) in [4.78, 5) is 23.7. The molecule has 0 saturated carbocycles. The molecule has 0 fully saturated rings. The fraction of sp³-hybridized carbons (Fsp3) is 0.125. The van der Waals surface area contributed by atoms with Gasteiger partial charge in [0.05, 0.1) is 28.4 Å². The fourth-order valence-electron chi connectivity index (χ4n) is 1.94. The number of anilines is 2. The van der Waals surface area contributed by atoms with E-state index in [0.29, 0.717) is 0 Å². The normalized spacial score (nSPS) is 10.9. The molecular weight excluding hydrogens is 410 g/mol. The van der Waals surface area contributed by atoms with Crippen LogP contribution in [0.4, 0.5) is 24.5 Å². The number of alkyl halides is 3. The van der Waals surface area contributed by atoms with E-state index in [0.717, 1.165) is 24.3 Å². The Labute approximate surface area is 161 Å². The van der Waals surface area contributed by atoms with Crippen LogP contribution in [-0.4, -0.2) is 18.9 Å². The summed E-state index contributed by atoms with van der Waals surface area (Å²) in [7, 11) is 1.37. The summed E-state index contributed by atoms with van der Waals surface area (Å²) in [5.74, 6) is -1.92. The molecule has 6 nitrogen and oxygen atoms in total. The van der Waals surface area contributed by atoms with Gasteiger partial charge in [-0.2, -0.15) is 13.2 Å². The first-order chi connectivity index (χ1) is 12.6. The number of nitrogens with one attached hydrogen (secondary N) is 3. The first kappa shape index (κ1) is 20.7. The number of rotatable bonds is 4. The van der Waals surface area contributed by atoms with Crippen LogP contribution in [0.15, 0.2) is 36.4 Å². The first-order valence-corrected chi connectivity index (χ1v) is 7.95. The molecule has 0 aliphatic heterocycles. The molecule has 0 atom stereocenters. The minimum Gasteiger partial charge on any atom is -0.494 e. The van der Waals surface area contributed by atoms with Crippen molar-refractivity contribution in [2.24, 2.45) is 0 Å². The summed E-state index contributed by atoms with van der Waals surface area (Å²) in [5, 5.41) is 2.53. The van der Waals surface area contributed by atoms with Crippen LogP contribution in [-0.2, 0) is 15.8 Å². The molecule has 0 aliphatic rings. The quantitative estimate of drug-likeness (QED) is 0.512. The van der Waals surface area contributed by atoms with Crippen molar-refractivity contribution in [3.05, 3.63) is 52.0 Å². The minimum absolute atomic E-state index is 0.128. The molecule has 0 aromatic heterocycles. The maximum Gasteiger partial charge on any atom is 0.416 e. The molecule has 0 spiro atoms. The number of carbonyl (C=O) groups excluding carboxylic acids is 2. The lowest BCUT2D eigenvalue weighted by Gasteiger charge is -2.12. The Bertz CT molecular complexity index is 835. The van der Waals surface area contributed by atoms with Crippen LogP contribution < -0.4 is 20.9 Å². The van der Waals surface area contributed by atoms with Crippen LogP contribution in [0.1, 0.15) is 5.56 Å². The third-order valence-electron chi connectivity index (χ3n) is 3.20. The molecule has 0 bridgehead atoms. The topological polar surface area (TPSA) is 79.5 Å². The minimum atomic E-state index is -4.47. The van der Waals surface area contributed by atoms with Gasteiger partial charge in [-0.3, -0.25) is 20.4 Å². The molecule has 0 unspecified atom stereocenters. The second-order valence-corrected chi connectivity index (χ2v) is 5.90. The summed E-state index contributed by atoms with van der Waals surface area (Å²) in [6.07, 6.45) is -4.47. The van der Waals surface area contributed by atoms with E-state index in [9.17, 15) is 22.8 Å².